The van der Waals surface area contributed by atoms with Crippen molar-refractivity contribution in [3.63, 3.8) is 0 Å². The molecule has 96 valence electrons. The largest absolute Gasteiger partial charge is 0.396 e. The molecule has 0 aromatic carbocycles. The van der Waals surface area contributed by atoms with E-state index in [1.54, 1.807) is 0 Å². The quantitative estimate of drug-likeness (QED) is 0.765. The van der Waals surface area contributed by atoms with Gasteiger partial charge < -0.3 is 10.4 Å². The normalized spacial score (nSPS) is 12.5. The highest BCUT2D eigenvalue weighted by Crippen LogP contribution is 2.02. The second kappa shape index (κ2) is 6.39. The zero-order chi connectivity index (χ0) is 12.8. The number of aromatic nitrogens is 2. The number of amides is 1. The van der Waals surface area contributed by atoms with Crippen LogP contribution in [-0.2, 0) is 11.3 Å². The molecule has 0 aliphatic heterocycles. The number of hydrogen-bond acceptors (Lipinski definition) is 3. The number of aliphatic hydroxyl groups is 1. The van der Waals surface area contributed by atoms with E-state index in [4.69, 9.17) is 5.11 Å². The topological polar surface area (TPSA) is 67.2 Å². The molecule has 1 atom stereocenters. The van der Waals surface area contributed by atoms with E-state index in [1.807, 2.05) is 31.5 Å². The third-order valence-electron chi connectivity index (χ3n) is 2.61. The third-order valence-corrected chi connectivity index (χ3v) is 2.61. The Kier molecular flexibility index (Phi) is 5.15. The number of carbonyl (C=O) groups excluding carboxylic acids is 1. The van der Waals surface area contributed by atoms with Crippen molar-refractivity contribution in [2.24, 2.45) is 5.92 Å². The summed E-state index contributed by atoms with van der Waals surface area (Å²) in [6, 6.07) is 1.99. The molecule has 5 nitrogen and oxygen atoms in total. The van der Waals surface area contributed by atoms with Crippen LogP contribution < -0.4 is 5.32 Å². The van der Waals surface area contributed by atoms with Gasteiger partial charge in [0.05, 0.1) is 5.69 Å². The summed E-state index contributed by atoms with van der Waals surface area (Å²) in [5, 5.41) is 15.9. The highest BCUT2D eigenvalue weighted by atomic mass is 16.3. The first-order valence-corrected chi connectivity index (χ1v) is 5.91. The van der Waals surface area contributed by atoms with Crippen LogP contribution in [0.5, 0.6) is 0 Å². The van der Waals surface area contributed by atoms with Crippen LogP contribution >= 0.6 is 0 Å². The molecule has 2 N–H and O–H groups in total. The summed E-state index contributed by atoms with van der Waals surface area (Å²) in [4.78, 5) is 11.5. The second-order valence-electron chi connectivity index (χ2n) is 4.49. The van der Waals surface area contributed by atoms with Crippen molar-refractivity contribution in [1.82, 2.24) is 15.1 Å². The van der Waals surface area contributed by atoms with E-state index in [0.29, 0.717) is 19.5 Å². The Morgan fingerprint density at radius 2 is 2.29 bits per heavy atom. The fourth-order valence-corrected chi connectivity index (χ4v) is 1.55. The molecule has 0 aliphatic rings. The molecule has 1 heterocycles. The molecular formula is C12H21N3O2. The summed E-state index contributed by atoms with van der Waals surface area (Å²) >= 11 is 0. The van der Waals surface area contributed by atoms with E-state index in [2.05, 4.69) is 10.4 Å². The van der Waals surface area contributed by atoms with Gasteiger partial charge in [0.15, 0.2) is 0 Å². The molecule has 5 heteroatoms. The maximum absolute atomic E-state index is 11.5. The Balaban J connectivity index is 2.31. The van der Waals surface area contributed by atoms with Crippen molar-refractivity contribution in [2.75, 3.05) is 13.2 Å². The van der Waals surface area contributed by atoms with Gasteiger partial charge in [-0.25, -0.2) is 0 Å². The number of aliphatic hydroxyl groups excluding tert-OH is 1. The molecule has 0 bridgehead atoms. The zero-order valence-corrected chi connectivity index (χ0v) is 10.7. The van der Waals surface area contributed by atoms with Crippen molar-refractivity contribution in [3.05, 3.63) is 17.5 Å². The molecule has 0 spiro atoms. The molecule has 1 aromatic rings. The number of nitrogens with one attached hydrogen (secondary N) is 1. The van der Waals surface area contributed by atoms with Crippen LogP contribution in [0.1, 0.15) is 24.7 Å². The Hall–Kier alpha value is -1.36. The van der Waals surface area contributed by atoms with E-state index in [9.17, 15) is 4.79 Å². The first-order chi connectivity index (χ1) is 8.02. The van der Waals surface area contributed by atoms with Crippen molar-refractivity contribution in [1.29, 1.82) is 0 Å². The lowest BCUT2D eigenvalue weighted by Crippen LogP contribution is -2.30. The molecule has 1 amide bonds. The molecule has 0 aliphatic carbocycles. The van der Waals surface area contributed by atoms with Gasteiger partial charge in [-0.05, 0) is 25.8 Å². The van der Waals surface area contributed by atoms with Gasteiger partial charge in [0.25, 0.3) is 0 Å². The van der Waals surface area contributed by atoms with Crippen LogP contribution in [0.15, 0.2) is 6.07 Å². The van der Waals surface area contributed by atoms with Gasteiger partial charge in [0.1, 0.15) is 0 Å². The molecule has 17 heavy (non-hydrogen) atoms. The van der Waals surface area contributed by atoms with E-state index in [0.717, 1.165) is 11.4 Å². The standard InChI is InChI=1S/C12H21N3O2/c1-9(8-16)7-13-12(17)4-5-15-11(3)6-10(2)14-15/h6,9,16H,4-5,7-8H2,1-3H3,(H,13,17). The van der Waals surface area contributed by atoms with Crippen LogP contribution in [0.4, 0.5) is 0 Å². The maximum Gasteiger partial charge on any atom is 0.221 e. The summed E-state index contributed by atoms with van der Waals surface area (Å²) in [7, 11) is 0. The number of hydrogen-bond donors (Lipinski definition) is 2. The predicted octanol–water partition coefficient (Wildman–Crippen LogP) is 0.635. The van der Waals surface area contributed by atoms with Crippen molar-refractivity contribution in [3.8, 4) is 0 Å². The van der Waals surface area contributed by atoms with Gasteiger partial charge >= 0.3 is 0 Å². The molecule has 1 aromatic heterocycles. The lowest BCUT2D eigenvalue weighted by Gasteiger charge is -2.10. The summed E-state index contributed by atoms with van der Waals surface area (Å²) in [6.07, 6.45) is 0.417. The number of carbonyl (C=O) groups is 1. The van der Waals surface area contributed by atoms with Crippen molar-refractivity contribution in [2.45, 2.75) is 33.7 Å². The maximum atomic E-state index is 11.5. The zero-order valence-electron chi connectivity index (χ0n) is 10.7. The van der Waals surface area contributed by atoms with E-state index < -0.39 is 0 Å². The van der Waals surface area contributed by atoms with Gasteiger partial charge in [-0.15, -0.1) is 0 Å². The van der Waals surface area contributed by atoms with Crippen LogP contribution in [0.25, 0.3) is 0 Å². The lowest BCUT2D eigenvalue weighted by atomic mass is 10.2. The van der Waals surface area contributed by atoms with Gasteiger partial charge in [0, 0.05) is 31.8 Å². The third kappa shape index (κ3) is 4.56. The number of rotatable bonds is 6. The lowest BCUT2D eigenvalue weighted by molar-refractivity contribution is -0.121. The fraction of sp³-hybridized carbons (Fsp3) is 0.667. The van der Waals surface area contributed by atoms with Crippen LogP contribution in [0, 0.1) is 19.8 Å². The monoisotopic (exact) mass is 239 g/mol. The molecule has 0 fully saturated rings. The SMILES string of the molecule is Cc1cc(C)n(CCC(=O)NCC(C)CO)n1. The molecule has 0 saturated carbocycles. The Bertz CT molecular complexity index is 374. The van der Waals surface area contributed by atoms with Crippen LogP contribution in [0.2, 0.25) is 0 Å². The average molecular weight is 239 g/mol. The van der Waals surface area contributed by atoms with Gasteiger partial charge in [-0.2, -0.15) is 5.10 Å². The van der Waals surface area contributed by atoms with Gasteiger partial charge in [-0.3, -0.25) is 9.48 Å². The minimum atomic E-state index is -0.00199. The molecule has 1 rings (SSSR count). The minimum Gasteiger partial charge on any atom is -0.396 e. The van der Waals surface area contributed by atoms with Crippen LogP contribution in [0.3, 0.4) is 0 Å². The molecular weight excluding hydrogens is 218 g/mol. The minimum absolute atomic E-state index is 0.00199. The first kappa shape index (κ1) is 13.7. The fourth-order valence-electron chi connectivity index (χ4n) is 1.55. The Morgan fingerprint density at radius 1 is 1.59 bits per heavy atom. The predicted molar refractivity (Wildman–Crippen MR) is 65.6 cm³/mol. The van der Waals surface area contributed by atoms with Crippen molar-refractivity contribution >= 4 is 5.91 Å². The Labute approximate surface area is 102 Å². The first-order valence-electron chi connectivity index (χ1n) is 5.91. The smallest absolute Gasteiger partial charge is 0.221 e. The molecule has 0 saturated heterocycles. The highest BCUT2D eigenvalue weighted by Gasteiger charge is 2.06. The number of aryl methyl sites for hydroxylation is 3. The summed E-state index contributed by atoms with van der Waals surface area (Å²) in [6.45, 7) is 7.02. The van der Waals surface area contributed by atoms with Crippen molar-refractivity contribution < 1.29 is 9.90 Å². The van der Waals surface area contributed by atoms with Gasteiger partial charge in [-0.1, -0.05) is 6.92 Å². The summed E-state index contributed by atoms with van der Waals surface area (Å²) in [5.41, 5.74) is 2.04. The van der Waals surface area contributed by atoms with Crippen LogP contribution in [-0.4, -0.2) is 33.9 Å². The molecule has 1 unspecified atom stereocenters. The van der Waals surface area contributed by atoms with E-state index in [-0.39, 0.29) is 18.4 Å². The van der Waals surface area contributed by atoms with E-state index >= 15 is 0 Å². The second-order valence-corrected chi connectivity index (χ2v) is 4.49. The van der Waals surface area contributed by atoms with E-state index in [1.165, 1.54) is 0 Å². The molecule has 0 radical (unpaired) electrons. The Morgan fingerprint density at radius 3 is 2.82 bits per heavy atom. The number of nitrogens with zero attached hydrogens (tertiary/aromatic N) is 2. The summed E-state index contributed by atoms with van der Waals surface area (Å²) in [5.74, 6) is 0.102. The highest BCUT2D eigenvalue weighted by molar-refractivity contribution is 5.75. The summed E-state index contributed by atoms with van der Waals surface area (Å²) < 4.78 is 1.84. The average Bonchev–Trinajstić information content (AvgIpc) is 2.62. The van der Waals surface area contributed by atoms with Gasteiger partial charge in [0.2, 0.25) is 5.91 Å².